The maximum atomic E-state index is 12.5. The topological polar surface area (TPSA) is 17.1 Å². The summed E-state index contributed by atoms with van der Waals surface area (Å²) in [5.74, 6) is 0.703. The molecule has 0 aliphatic carbocycles. The zero-order valence-electron chi connectivity index (χ0n) is 13.4. The van der Waals surface area contributed by atoms with Gasteiger partial charge < -0.3 is 0 Å². The van der Waals surface area contributed by atoms with E-state index in [4.69, 9.17) is 0 Å². The van der Waals surface area contributed by atoms with Gasteiger partial charge in [-0.25, -0.2) is 0 Å². The SMILES string of the molecule is Cc1ccc(C)c(SCC(=O)c2cc(C)c(C)cc2C)c1. The third kappa shape index (κ3) is 3.76. The van der Waals surface area contributed by atoms with Crippen LogP contribution in [-0.2, 0) is 0 Å². The molecule has 110 valence electrons. The van der Waals surface area contributed by atoms with Crippen molar-refractivity contribution in [2.75, 3.05) is 5.75 Å². The zero-order valence-corrected chi connectivity index (χ0v) is 14.2. The van der Waals surface area contributed by atoms with Gasteiger partial charge in [-0.05, 0) is 69.0 Å². The van der Waals surface area contributed by atoms with E-state index in [2.05, 4.69) is 52.0 Å². The van der Waals surface area contributed by atoms with Crippen molar-refractivity contribution in [2.24, 2.45) is 0 Å². The second-order valence-corrected chi connectivity index (χ2v) is 6.75. The van der Waals surface area contributed by atoms with E-state index in [-0.39, 0.29) is 5.78 Å². The fourth-order valence-corrected chi connectivity index (χ4v) is 3.35. The number of thioether (sulfide) groups is 1. The first-order chi connectivity index (χ1) is 9.88. The first kappa shape index (κ1) is 15.8. The van der Waals surface area contributed by atoms with Crippen molar-refractivity contribution in [1.29, 1.82) is 0 Å². The highest BCUT2D eigenvalue weighted by Gasteiger charge is 2.12. The maximum Gasteiger partial charge on any atom is 0.173 e. The van der Waals surface area contributed by atoms with E-state index in [1.165, 1.54) is 27.1 Å². The summed E-state index contributed by atoms with van der Waals surface area (Å²) >= 11 is 1.63. The number of carbonyl (C=O) groups excluding carboxylic acids is 1. The lowest BCUT2D eigenvalue weighted by Gasteiger charge is -2.10. The molecule has 0 N–H and O–H groups in total. The molecule has 0 aromatic heterocycles. The maximum absolute atomic E-state index is 12.5. The molecule has 0 aliphatic heterocycles. The lowest BCUT2D eigenvalue weighted by atomic mass is 9.99. The van der Waals surface area contributed by atoms with Crippen LogP contribution in [-0.4, -0.2) is 11.5 Å². The van der Waals surface area contributed by atoms with Crippen molar-refractivity contribution in [3.63, 3.8) is 0 Å². The second-order valence-electron chi connectivity index (χ2n) is 5.73. The number of hydrogen-bond donors (Lipinski definition) is 0. The van der Waals surface area contributed by atoms with E-state index >= 15 is 0 Å². The number of Topliss-reactive ketones (excluding diaryl/α,β-unsaturated/α-hetero) is 1. The summed E-state index contributed by atoms with van der Waals surface area (Å²) in [6.07, 6.45) is 0. The minimum atomic E-state index is 0.210. The van der Waals surface area contributed by atoms with Gasteiger partial charge >= 0.3 is 0 Å². The van der Waals surface area contributed by atoms with Crippen LogP contribution >= 0.6 is 11.8 Å². The molecule has 0 heterocycles. The highest BCUT2D eigenvalue weighted by molar-refractivity contribution is 8.00. The number of hydrogen-bond acceptors (Lipinski definition) is 2. The van der Waals surface area contributed by atoms with Gasteiger partial charge in [0.25, 0.3) is 0 Å². The van der Waals surface area contributed by atoms with Gasteiger partial charge in [0, 0.05) is 10.5 Å². The van der Waals surface area contributed by atoms with Gasteiger partial charge in [-0.1, -0.05) is 23.8 Å². The van der Waals surface area contributed by atoms with Crippen LogP contribution < -0.4 is 0 Å². The molecule has 0 atom stereocenters. The first-order valence-electron chi connectivity index (χ1n) is 7.19. The van der Waals surface area contributed by atoms with Crippen molar-refractivity contribution in [1.82, 2.24) is 0 Å². The molecule has 2 aromatic carbocycles. The van der Waals surface area contributed by atoms with Gasteiger partial charge in [-0.15, -0.1) is 11.8 Å². The first-order valence-corrected chi connectivity index (χ1v) is 8.18. The van der Waals surface area contributed by atoms with Crippen LogP contribution in [0.1, 0.15) is 38.2 Å². The molecule has 0 aliphatic rings. The highest BCUT2D eigenvalue weighted by Crippen LogP contribution is 2.25. The normalized spacial score (nSPS) is 10.7. The van der Waals surface area contributed by atoms with Crippen LogP contribution in [0.25, 0.3) is 0 Å². The summed E-state index contributed by atoms with van der Waals surface area (Å²) in [5, 5.41) is 0. The van der Waals surface area contributed by atoms with Crippen molar-refractivity contribution in [3.05, 3.63) is 63.7 Å². The smallest absolute Gasteiger partial charge is 0.173 e. The summed E-state index contributed by atoms with van der Waals surface area (Å²) < 4.78 is 0. The van der Waals surface area contributed by atoms with E-state index in [0.717, 1.165) is 11.1 Å². The molecule has 2 rings (SSSR count). The standard InChI is InChI=1S/C19H22OS/c1-12-6-7-13(2)19(8-12)21-11-18(20)17-10-15(4)14(3)9-16(17)5/h6-10H,11H2,1-5H3. The second kappa shape index (κ2) is 6.48. The molecule has 0 radical (unpaired) electrons. The van der Waals surface area contributed by atoms with Crippen molar-refractivity contribution in [3.8, 4) is 0 Å². The molecule has 0 saturated heterocycles. The van der Waals surface area contributed by atoms with Gasteiger partial charge in [-0.3, -0.25) is 4.79 Å². The number of ketones is 1. The third-order valence-corrected chi connectivity index (χ3v) is 5.00. The minimum absolute atomic E-state index is 0.210. The lowest BCUT2D eigenvalue weighted by molar-refractivity contribution is 0.102. The van der Waals surface area contributed by atoms with Gasteiger partial charge in [0.05, 0.1) is 5.75 Å². The van der Waals surface area contributed by atoms with Crippen LogP contribution in [0.4, 0.5) is 0 Å². The molecular weight excluding hydrogens is 276 g/mol. The summed E-state index contributed by atoms with van der Waals surface area (Å²) in [6.45, 7) is 10.3. The fourth-order valence-electron chi connectivity index (χ4n) is 2.34. The number of rotatable bonds is 4. The Hall–Kier alpha value is -1.54. The predicted molar refractivity (Wildman–Crippen MR) is 91.6 cm³/mol. The average Bonchev–Trinajstić information content (AvgIpc) is 2.43. The minimum Gasteiger partial charge on any atom is -0.293 e. The zero-order chi connectivity index (χ0) is 15.6. The van der Waals surface area contributed by atoms with Gasteiger partial charge in [0.1, 0.15) is 0 Å². The molecule has 0 unspecified atom stereocenters. The van der Waals surface area contributed by atoms with E-state index < -0.39 is 0 Å². The summed E-state index contributed by atoms with van der Waals surface area (Å²) in [5.41, 5.74) is 6.82. The molecule has 0 saturated carbocycles. The quantitative estimate of drug-likeness (QED) is 0.570. The monoisotopic (exact) mass is 298 g/mol. The Morgan fingerprint density at radius 2 is 1.52 bits per heavy atom. The van der Waals surface area contributed by atoms with Gasteiger partial charge in [0.15, 0.2) is 5.78 Å². The van der Waals surface area contributed by atoms with Crippen LogP contribution in [0, 0.1) is 34.6 Å². The average molecular weight is 298 g/mol. The Labute approximate surface area is 131 Å². The number of benzene rings is 2. The molecule has 0 bridgehead atoms. The van der Waals surface area contributed by atoms with E-state index in [1.807, 2.05) is 13.0 Å². The van der Waals surface area contributed by atoms with Gasteiger partial charge in [0.2, 0.25) is 0 Å². The Bertz CT molecular complexity index is 686. The van der Waals surface area contributed by atoms with Crippen molar-refractivity contribution in [2.45, 2.75) is 39.5 Å². The molecule has 2 aromatic rings. The van der Waals surface area contributed by atoms with Crippen molar-refractivity contribution >= 4 is 17.5 Å². The predicted octanol–water partition coefficient (Wildman–Crippen LogP) is 5.20. The van der Waals surface area contributed by atoms with E-state index in [1.54, 1.807) is 11.8 Å². The fraction of sp³-hybridized carbons (Fsp3) is 0.316. The van der Waals surface area contributed by atoms with Crippen LogP contribution in [0.3, 0.4) is 0 Å². The highest BCUT2D eigenvalue weighted by atomic mass is 32.2. The van der Waals surface area contributed by atoms with Crippen LogP contribution in [0.2, 0.25) is 0 Å². The molecule has 2 heteroatoms. The molecule has 0 spiro atoms. The third-order valence-electron chi connectivity index (χ3n) is 3.84. The number of aryl methyl sites for hydroxylation is 5. The molecule has 0 fully saturated rings. The van der Waals surface area contributed by atoms with E-state index in [9.17, 15) is 4.79 Å². The lowest BCUT2D eigenvalue weighted by Crippen LogP contribution is -2.06. The molecule has 0 amide bonds. The van der Waals surface area contributed by atoms with Gasteiger partial charge in [-0.2, -0.15) is 0 Å². The van der Waals surface area contributed by atoms with Crippen LogP contribution in [0.15, 0.2) is 35.2 Å². The van der Waals surface area contributed by atoms with E-state index in [0.29, 0.717) is 5.75 Å². The summed E-state index contributed by atoms with van der Waals surface area (Å²) in [7, 11) is 0. The summed E-state index contributed by atoms with van der Waals surface area (Å²) in [6, 6.07) is 10.5. The number of carbonyl (C=O) groups is 1. The Morgan fingerprint density at radius 1 is 0.857 bits per heavy atom. The van der Waals surface area contributed by atoms with Crippen molar-refractivity contribution < 1.29 is 4.79 Å². The molecular formula is C19H22OS. The van der Waals surface area contributed by atoms with Crippen LogP contribution in [0.5, 0.6) is 0 Å². The Morgan fingerprint density at radius 3 is 2.24 bits per heavy atom. The Kier molecular flexibility index (Phi) is 4.89. The molecule has 21 heavy (non-hydrogen) atoms. The molecule has 1 nitrogen and oxygen atoms in total. The largest absolute Gasteiger partial charge is 0.293 e. The summed E-state index contributed by atoms with van der Waals surface area (Å²) in [4.78, 5) is 13.7. The Balaban J connectivity index is 2.15.